The van der Waals surface area contributed by atoms with E-state index < -0.39 is 6.04 Å². The molecule has 0 aliphatic carbocycles. The number of para-hydroxylation sites is 2. The highest BCUT2D eigenvalue weighted by atomic mass is 16.2. The molecule has 0 radical (unpaired) electrons. The van der Waals surface area contributed by atoms with Crippen LogP contribution in [0.3, 0.4) is 0 Å². The number of amides is 3. The third-order valence-electron chi connectivity index (χ3n) is 5.37. The van der Waals surface area contributed by atoms with E-state index in [1.54, 1.807) is 29.8 Å². The number of nitrogens with zero attached hydrogens (tertiary/aromatic N) is 2. The Labute approximate surface area is 177 Å². The van der Waals surface area contributed by atoms with Gasteiger partial charge in [-0.2, -0.15) is 0 Å². The van der Waals surface area contributed by atoms with Gasteiger partial charge < -0.3 is 15.5 Å². The van der Waals surface area contributed by atoms with Crippen molar-refractivity contribution < 1.29 is 14.4 Å². The van der Waals surface area contributed by atoms with Crippen LogP contribution in [0.5, 0.6) is 0 Å². The Hall–Kier alpha value is -3.19. The van der Waals surface area contributed by atoms with Gasteiger partial charge in [0.2, 0.25) is 17.7 Å². The first-order chi connectivity index (χ1) is 14.3. The van der Waals surface area contributed by atoms with Crippen LogP contribution in [0.15, 0.2) is 48.5 Å². The number of hydrogen-bond donors (Lipinski definition) is 2. The molecule has 2 atom stereocenters. The van der Waals surface area contributed by atoms with Gasteiger partial charge in [0.15, 0.2) is 0 Å². The van der Waals surface area contributed by atoms with E-state index in [2.05, 4.69) is 10.6 Å². The fourth-order valence-corrected chi connectivity index (χ4v) is 3.48. The molecule has 7 nitrogen and oxygen atoms in total. The smallest absolute Gasteiger partial charge is 0.241 e. The van der Waals surface area contributed by atoms with Crippen LogP contribution in [-0.4, -0.2) is 48.3 Å². The minimum absolute atomic E-state index is 0.0509. The molecule has 0 aromatic heterocycles. The van der Waals surface area contributed by atoms with Gasteiger partial charge in [0.1, 0.15) is 0 Å². The highest BCUT2D eigenvalue weighted by Gasteiger charge is 2.31. The lowest BCUT2D eigenvalue weighted by Crippen LogP contribution is -2.48. The molecule has 0 unspecified atom stereocenters. The van der Waals surface area contributed by atoms with E-state index in [4.69, 9.17) is 0 Å². The lowest BCUT2D eigenvalue weighted by atomic mass is 10.1. The van der Waals surface area contributed by atoms with Crippen molar-refractivity contribution in [3.8, 4) is 0 Å². The summed E-state index contributed by atoms with van der Waals surface area (Å²) in [4.78, 5) is 41.3. The van der Waals surface area contributed by atoms with E-state index in [1.165, 1.54) is 0 Å². The number of carbonyl (C=O) groups excluding carboxylic acids is 3. The average Bonchev–Trinajstić information content (AvgIpc) is 2.83. The number of rotatable bonds is 5. The van der Waals surface area contributed by atoms with Gasteiger partial charge in [-0.05, 0) is 52.1 Å². The van der Waals surface area contributed by atoms with Crippen LogP contribution >= 0.6 is 0 Å². The summed E-state index contributed by atoms with van der Waals surface area (Å²) in [6, 6.07) is 14.0. The fraction of sp³-hybridized carbons (Fsp3) is 0.348. The second-order valence-corrected chi connectivity index (χ2v) is 7.83. The predicted octanol–water partition coefficient (Wildman–Crippen LogP) is 3.02. The van der Waals surface area contributed by atoms with Crippen molar-refractivity contribution in [3.63, 3.8) is 0 Å². The van der Waals surface area contributed by atoms with Gasteiger partial charge >= 0.3 is 0 Å². The first-order valence-electron chi connectivity index (χ1n) is 10.0. The van der Waals surface area contributed by atoms with Crippen LogP contribution in [0.1, 0.15) is 25.8 Å². The zero-order valence-corrected chi connectivity index (χ0v) is 17.8. The van der Waals surface area contributed by atoms with E-state index in [0.717, 1.165) is 11.3 Å². The number of benzene rings is 2. The molecule has 3 amide bonds. The fourth-order valence-electron chi connectivity index (χ4n) is 3.48. The first-order valence-corrected chi connectivity index (χ1v) is 10.0. The van der Waals surface area contributed by atoms with Crippen molar-refractivity contribution in [2.24, 2.45) is 0 Å². The second kappa shape index (κ2) is 9.09. The lowest BCUT2D eigenvalue weighted by Gasteiger charge is -2.31. The van der Waals surface area contributed by atoms with Crippen molar-refractivity contribution in [2.45, 2.75) is 39.3 Å². The Morgan fingerprint density at radius 1 is 1.20 bits per heavy atom. The minimum Gasteiger partial charge on any atom is -0.325 e. The number of fused-ring (bicyclic) bond motifs is 1. The maximum Gasteiger partial charge on any atom is 0.241 e. The van der Waals surface area contributed by atoms with Crippen molar-refractivity contribution in [1.82, 2.24) is 4.90 Å². The lowest BCUT2D eigenvalue weighted by molar-refractivity contribution is -0.123. The van der Waals surface area contributed by atoms with Crippen LogP contribution in [0.2, 0.25) is 0 Å². The molecule has 7 heteroatoms. The Morgan fingerprint density at radius 3 is 2.57 bits per heavy atom. The number of hydrogen-bond acceptors (Lipinski definition) is 4. The van der Waals surface area contributed by atoms with Gasteiger partial charge in [-0.15, -0.1) is 0 Å². The molecule has 1 aliphatic heterocycles. The van der Waals surface area contributed by atoms with Crippen LogP contribution in [-0.2, 0) is 14.4 Å². The summed E-state index contributed by atoms with van der Waals surface area (Å²) in [5.41, 5.74) is 3.12. The molecule has 0 spiro atoms. The minimum atomic E-state index is -0.507. The summed E-state index contributed by atoms with van der Waals surface area (Å²) in [5, 5.41) is 5.74. The molecular formula is C23H28N4O3. The first kappa shape index (κ1) is 21.5. The average molecular weight is 409 g/mol. The van der Waals surface area contributed by atoms with Gasteiger partial charge in [0.25, 0.3) is 0 Å². The number of anilines is 3. The third kappa shape index (κ3) is 4.86. The highest BCUT2D eigenvalue weighted by molar-refractivity contribution is 6.05. The van der Waals surface area contributed by atoms with Gasteiger partial charge in [-0.3, -0.25) is 19.3 Å². The topological polar surface area (TPSA) is 81.8 Å². The zero-order valence-electron chi connectivity index (χ0n) is 17.8. The molecule has 2 aromatic carbocycles. The van der Waals surface area contributed by atoms with Crippen molar-refractivity contribution >= 4 is 34.8 Å². The van der Waals surface area contributed by atoms with Crippen molar-refractivity contribution in [1.29, 1.82) is 0 Å². The summed E-state index contributed by atoms with van der Waals surface area (Å²) in [7, 11) is 1.75. The largest absolute Gasteiger partial charge is 0.325 e. The molecule has 1 heterocycles. The summed E-state index contributed by atoms with van der Waals surface area (Å²) in [6.45, 7) is 5.66. The quantitative estimate of drug-likeness (QED) is 0.797. The predicted molar refractivity (Wildman–Crippen MR) is 119 cm³/mol. The number of aryl methyl sites for hydroxylation is 1. The van der Waals surface area contributed by atoms with Crippen LogP contribution < -0.4 is 15.5 Å². The molecule has 0 fully saturated rings. The van der Waals surface area contributed by atoms with E-state index in [9.17, 15) is 14.4 Å². The highest BCUT2D eigenvalue weighted by Crippen LogP contribution is 2.31. The molecule has 2 N–H and O–H groups in total. The van der Waals surface area contributed by atoms with Crippen molar-refractivity contribution in [2.75, 3.05) is 29.1 Å². The van der Waals surface area contributed by atoms with Crippen LogP contribution in [0, 0.1) is 6.92 Å². The number of carbonyl (C=O) groups is 3. The molecule has 158 valence electrons. The van der Waals surface area contributed by atoms with E-state index in [1.807, 2.05) is 56.3 Å². The van der Waals surface area contributed by atoms with Crippen molar-refractivity contribution in [3.05, 3.63) is 54.1 Å². The maximum atomic E-state index is 13.2. The molecule has 30 heavy (non-hydrogen) atoms. The summed E-state index contributed by atoms with van der Waals surface area (Å²) < 4.78 is 0. The van der Waals surface area contributed by atoms with Crippen LogP contribution in [0.25, 0.3) is 0 Å². The van der Waals surface area contributed by atoms with Gasteiger partial charge in [0.05, 0.1) is 24.0 Å². The maximum absolute atomic E-state index is 13.2. The zero-order chi connectivity index (χ0) is 21.8. The molecule has 1 aliphatic rings. The molecule has 0 bridgehead atoms. The van der Waals surface area contributed by atoms with Crippen LogP contribution in [0.4, 0.5) is 17.1 Å². The molecular weight excluding hydrogens is 380 g/mol. The monoisotopic (exact) mass is 408 g/mol. The second-order valence-electron chi connectivity index (χ2n) is 7.83. The van der Waals surface area contributed by atoms with Gasteiger partial charge in [-0.1, -0.05) is 29.8 Å². The number of nitrogens with one attached hydrogen (secondary N) is 2. The van der Waals surface area contributed by atoms with E-state index in [0.29, 0.717) is 11.4 Å². The van der Waals surface area contributed by atoms with Gasteiger partial charge in [0, 0.05) is 18.2 Å². The molecule has 0 saturated heterocycles. The Balaban J connectivity index is 1.70. The Morgan fingerprint density at radius 2 is 1.87 bits per heavy atom. The molecule has 2 aromatic rings. The Bertz CT molecular complexity index is 942. The normalized spacial score (nSPS) is 17.0. The summed E-state index contributed by atoms with van der Waals surface area (Å²) in [5.74, 6) is -0.469. The Kier molecular flexibility index (Phi) is 6.52. The van der Waals surface area contributed by atoms with Gasteiger partial charge in [-0.25, -0.2) is 0 Å². The number of likely N-dealkylation sites (N-methyl/N-ethyl adjacent to an activating group) is 1. The van der Waals surface area contributed by atoms with E-state index >= 15 is 0 Å². The summed E-state index contributed by atoms with van der Waals surface area (Å²) in [6.07, 6.45) is 0.216. The SMILES string of the molecule is Cc1ccc(NC(=O)[C@H](C)N(C)CC(=O)N2c3ccccc3NC(=O)C[C@H]2C)cc1. The standard InChI is InChI=1S/C23H28N4O3/c1-15-9-11-18(12-10-15)24-23(30)17(3)26(4)14-22(29)27-16(2)13-21(28)25-19-7-5-6-8-20(19)27/h5-12,16-17H,13-14H2,1-4H3,(H,24,30)(H,25,28)/t16-,17+/m1/s1. The summed E-state index contributed by atoms with van der Waals surface area (Å²) >= 11 is 0. The molecule has 0 saturated carbocycles. The third-order valence-corrected chi connectivity index (χ3v) is 5.37. The molecule has 3 rings (SSSR count). The van der Waals surface area contributed by atoms with E-state index in [-0.39, 0.29) is 36.7 Å².